The zero-order valence-corrected chi connectivity index (χ0v) is 16.9. The van der Waals surface area contributed by atoms with Gasteiger partial charge in [0, 0.05) is 0 Å². The van der Waals surface area contributed by atoms with Gasteiger partial charge in [0.05, 0.1) is 0 Å². The van der Waals surface area contributed by atoms with E-state index in [1.807, 2.05) is 43.3 Å². The van der Waals surface area contributed by atoms with Crippen LogP contribution in [0.1, 0.15) is 18.6 Å². The fourth-order valence-electron chi connectivity index (χ4n) is 2.50. The van der Waals surface area contributed by atoms with Crippen LogP contribution in [0, 0.1) is 0 Å². The van der Waals surface area contributed by atoms with E-state index < -0.39 is 0 Å². The van der Waals surface area contributed by atoms with Gasteiger partial charge >= 0.3 is 156 Å². The van der Waals surface area contributed by atoms with Crippen molar-refractivity contribution in [2.24, 2.45) is 0 Å². The van der Waals surface area contributed by atoms with Crippen molar-refractivity contribution in [2.45, 2.75) is 24.5 Å². The Labute approximate surface area is 156 Å². The van der Waals surface area contributed by atoms with Crippen molar-refractivity contribution in [2.75, 3.05) is 27.9 Å². The van der Waals surface area contributed by atoms with Crippen LogP contribution in [0.15, 0.2) is 48.5 Å². The minimum absolute atomic E-state index is 0.0148. The van der Waals surface area contributed by atoms with E-state index in [-0.39, 0.29) is 27.2 Å². The first-order valence-electron chi connectivity index (χ1n) is 8.22. The third-order valence-electron chi connectivity index (χ3n) is 3.73. The summed E-state index contributed by atoms with van der Waals surface area (Å²) in [6.45, 7) is 2.55. The van der Waals surface area contributed by atoms with E-state index >= 15 is 0 Å². The molecule has 0 aliphatic rings. The molecule has 0 fully saturated rings. The summed E-state index contributed by atoms with van der Waals surface area (Å²) in [5.74, 6) is 1.73. The van der Waals surface area contributed by atoms with Gasteiger partial charge in [-0.2, -0.15) is 0 Å². The summed E-state index contributed by atoms with van der Waals surface area (Å²) in [6, 6.07) is 16.2. The van der Waals surface area contributed by atoms with Crippen molar-refractivity contribution < 1.29 is 18.9 Å². The molecule has 0 N–H and O–H groups in total. The first kappa shape index (κ1) is 19.8. The molecule has 0 bridgehead atoms. The minimum atomic E-state index is -0.0148. The maximum absolute atomic E-state index is 6.07. The Hall–Kier alpha value is -1.52. The Morgan fingerprint density at radius 3 is 2.28 bits per heavy atom. The maximum atomic E-state index is 6.07. The van der Waals surface area contributed by atoms with E-state index in [1.165, 1.54) is 5.56 Å². The van der Waals surface area contributed by atoms with Crippen molar-refractivity contribution in [1.29, 1.82) is 0 Å². The molecule has 25 heavy (non-hydrogen) atoms. The molecule has 2 rings (SSSR count). The van der Waals surface area contributed by atoms with Crippen LogP contribution in [0.5, 0.6) is 11.5 Å². The van der Waals surface area contributed by atoms with Crippen molar-refractivity contribution in [3.63, 3.8) is 0 Å². The standard InChI is InChI=1S/C20H26O4Se/c1-15(13-21-2)24-18-12-8-11-17(22-3)20(18)25-14-19(23-4)16-9-6-5-7-10-16/h5-12,15,19H,13-14H2,1-4H3/t15-,19?/m1/s1. The van der Waals surface area contributed by atoms with E-state index in [1.54, 1.807) is 21.3 Å². The second-order valence-corrected chi connectivity index (χ2v) is 7.78. The average Bonchev–Trinajstić information content (AvgIpc) is 2.64. The number of hydrogen-bond acceptors (Lipinski definition) is 4. The molecule has 2 aromatic carbocycles. The number of rotatable bonds is 10. The predicted molar refractivity (Wildman–Crippen MR) is 101 cm³/mol. The third-order valence-corrected chi connectivity index (χ3v) is 6.16. The van der Waals surface area contributed by atoms with Crippen LogP contribution >= 0.6 is 0 Å². The van der Waals surface area contributed by atoms with Crippen LogP contribution < -0.4 is 13.9 Å². The third kappa shape index (κ3) is 5.75. The van der Waals surface area contributed by atoms with Gasteiger partial charge in [0.25, 0.3) is 0 Å². The molecule has 2 atom stereocenters. The summed E-state index contributed by atoms with van der Waals surface area (Å²) in [4.78, 5) is 0. The van der Waals surface area contributed by atoms with Crippen molar-refractivity contribution in [3.05, 3.63) is 54.1 Å². The topological polar surface area (TPSA) is 36.9 Å². The molecule has 0 saturated heterocycles. The van der Waals surface area contributed by atoms with E-state index in [0.717, 1.165) is 21.3 Å². The molecule has 0 amide bonds. The quantitative estimate of drug-likeness (QED) is 0.565. The zero-order valence-electron chi connectivity index (χ0n) is 15.2. The average molecular weight is 409 g/mol. The Balaban J connectivity index is 2.16. The first-order chi connectivity index (χ1) is 12.2. The van der Waals surface area contributed by atoms with Crippen molar-refractivity contribution >= 4 is 19.4 Å². The fourth-order valence-corrected chi connectivity index (χ4v) is 5.02. The van der Waals surface area contributed by atoms with Gasteiger partial charge in [0.15, 0.2) is 0 Å². The van der Waals surface area contributed by atoms with Gasteiger partial charge in [-0.1, -0.05) is 0 Å². The molecule has 0 aliphatic carbocycles. The molecule has 0 heterocycles. The molecule has 0 aliphatic heterocycles. The number of ether oxygens (including phenoxy) is 4. The van der Waals surface area contributed by atoms with E-state index in [9.17, 15) is 0 Å². The summed E-state index contributed by atoms with van der Waals surface area (Å²) in [7, 11) is 5.13. The normalized spacial score (nSPS) is 13.3. The number of methoxy groups -OCH3 is 3. The summed E-state index contributed by atoms with van der Waals surface area (Å²) >= 11 is 0.144. The summed E-state index contributed by atoms with van der Waals surface area (Å²) in [5, 5.41) is 0.906. The van der Waals surface area contributed by atoms with Gasteiger partial charge in [0.2, 0.25) is 0 Å². The van der Waals surface area contributed by atoms with E-state index in [4.69, 9.17) is 18.9 Å². The molecular weight excluding hydrogens is 383 g/mol. The van der Waals surface area contributed by atoms with Crippen LogP contribution in [0.2, 0.25) is 5.32 Å². The predicted octanol–water partition coefficient (Wildman–Crippen LogP) is 3.24. The van der Waals surface area contributed by atoms with Gasteiger partial charge in [-0.05, 0) is 0 Å². The Morgan fingerprint density at radius 2 is 1.64 bits per heavy atom. The first-order valence-corrected chi connectivity index (χ1v) is 10.3. The Morgan fingerprint density at radius 1 is 0.920 bits per heavy atom. The summed E-state index contributed by atoms with van der Waals surface area (Å²) < 4.78 is 23.6. The summed E-state index contributed by atoms with van der Waals surface area (Å²) in [6.07, 6.45) is 0.0503. The van der Waals surface area contributed by atoms with Gasteiger partial charge in [-0.15, -0.1) is 0 Å². The van der Waals surface area contributed by atoms with Crippen LogP contribution in [-0.2, 0) is 9.47 Å². The van der Waals surface area contributed by atoms with Crippen molar-refractivity contribution in [1.82, 2.24) is 0 Å². The molecule has 1 unspecified atom stereocenters. The van der Waals surface area contributed by atoms with E-state index in [0.29, 0.717) is 6.61 Å². The zero-order chi connectivity index (χ0) is 18.1. The number of hydrogen-bond donors (Lipinski definition) is 0. The summed E-state index contributed by atoms with van der Waals surface area (Å²) in [5.41, 5.74) is 1.19. The molecule has 2 aromatic rings. The van der Waals surface area contributed by atoms with Crippen molar-refractivity contribution in [3.8, 4) is 11.5 Å². The van der Waals surface area contributed by atoms with Gasteiger partial charge in [0.1, 0.15) is 0 Å². The molecule has 0 saturated carbocycles. The number of benzene rings is 2. The van der Waals surface area contributed by atoms with Gasteiger partial charge < -0.3 is 0 Å². The van der Waals surface area contributed by atoms with Crippen LogP contribution in [0.25, 0.3) is 0 Å². The van der Waals surface area contributed by atoms with E-state index in [2.05, 4.69) is 12.1 Å². The van der Waals surface area contributed by atoms with Crippen LogP contribution in [0.4, 0.5) is 0 Å². The molecule has 4 nitrogen and oxygen atoms in total. The van der Waals surface area contributed by atoms with Crippen LogP contribution in [-0.4, -0.2) is 49.0 Å². The van der Waals surface area contributed by atoms with Crippen LogP contribution in [0.3, 0.4) is 0 Å². The second-order valence-electron chi connectivity index (χ2n) is 5.62. The monoisotopic (exact) mass is 410 g/mol. The molecule has 136 valence electrons. The molecule has 5 heteroatoms. The van der Waals surface area contributed by atoms with Gasteiger partial charge in [-0.25, -0.2) is 0 Å². The fraction of sp³-hybridized carbons (Fsp3) is 0.400. The van der Waals surface area contributed by atoms with Gasteiger partial charge in [-0.3, -0.25) is 0 Å². The Bertz CT molecular complexity index is 633. The SMILES string of the molecule is COC[C@@H](C)Oc1cccc(OC)c1[Se]CC(OC)c1ccccc1. The second kappa shape index (κ2) is 10.5. The molecule has 0 aromatic heterocycles. The molecule has 0 radical (unpaired) electrons. The molecular formula is C20H26O4Se. The Kier molecular flexibility index (Phi) is 8.29. The molecule has 0 spiro atoms.